The van der Waals surface area contributed by atoms with Crippen molar-refractivity contribution in [3.8, 4) is 11.5 Å². The summed E-state index contributed by atoms with van der Waals surface area (Å²) < 4.78 is 80.4. The van der Waals surface area contributed by atoms with Crippen molar-refractivity contribution in [2.45, 2.75) is 38.0 Å². The second-order valence-corrected chi connectivity index (χ2v) is 10.3. The van der Waals surface area contributed by atoms with Gasteiger partial charge in [0, 0.05) is 6.54 Å². The summed E-state index contributed by atoms with van der Waals surface area (Å²) in [4.78, 5) is 50.8. The van der Waals surface area contributed by atoms with E-state index >= 15 is 0 Å². The van der Waals surface area contributed by atoms with E-state index in [2.05, 4.69) is 9.73 Å². The molecule has 1 heterocycles. The Hall–Kier alpha value is -4.75. The number of nitrogens with two attached hydrogens (primary N) is 2. The molecule has 0 radical (unpaired) electrons. The molecular formula is C24H24F3N5O10S. The highest BCUT2D eigenvalue weighted by molar-refractivity contribution is 7.87. The summed E-state index contributed by atoms with van der Waals surface area (Å²) in [6, 6.07) is 6.30. The first kappa shape index (κ1) is 32.8. The van der Waals surface area contributed by atoms with Gasteiger partial charge in [-0.05, 0) is 54.3 Å². The van der Waals surface area contributed by atoms with Crippen molar-refractivity contribution >= 4 is 45.7 Å². The number of hydrogen-bond donors (Lipinski definition) is 5. The van der Waals surface area contributed by atoms with Crippen molar-refractivity contribution in [3.63, 3.8) is 0 Å². The zero-order valence-corrected chi connectivity index (χ0v) is 22.7. The molecule has 0 aliphatic carbocycles. The molecule has 15 nitrogen and oxygen atoms in total. The maximum absolute atomic E-state index is 13.0. The highest BCUT2D eigenvalue weighted by Crippen LogP contribution is 2.31. The highest BCUT2D eigenvalue weighted by atomic mass is 32.2. The number of fused-ring (bicyclic) bond motifs is 2. The third-order valence-electron chi connectivity index (χ3n) is 5.48. The van der Waals surface area contributed by atoms with Gasteiger partial charge in [-0.3, -0.25) is 4.79 Å². The molecule has 0 unspecified atom stereocenters. The number of benzene rings is 2. The molecule has 0 aromatic heterocycles. The van der Waals surface area contributed by atoms with Gasteiger partial charge in [0.25, 0.3) is 10.2 Å². The number of aliphatic carboxylic acids is 1. The molecule has 0 saturated heterocycles. The first-order valence-electron chi connectivity index (χ1n) is 12.1. The summed E-state index contributed by atoms with van der Waals surface area (Å²) in [6.07, 6.45) is -6.01. The zero-order chi connectivity index (χ0) is 31.9. The average molecular weight is 632 g/mol. The summed E-state index contributed by atoms with van der Waals surface area (Å²) in [5, 5.41) is 8.92. The van der Waals surface area contributed by atoms with Crippen LogP contribution in [0.5, 0.6) is 11.5 Å². The predicted octanol–water partition coefficient (Wildman–Crippen LogP) is 0.535. The van der Waals surface area contributed by atoms with Crippen LogP contribution in [-0.4, -0.2) is 62.2 Å². The number of carboxylic acid groups (broad SMARTS) is 1. The number of halogens is 3. The summed E-state index contributed by atoms with van der Waals surface area (Å²) in [5.41, 5.74) is 12.2. The van der Waals surface area contributed by atoms with Gasteiger partial charge in [-0.1, -0.05) is 6.07 Å². The minimum Gasteiger partial charge on any atom is -0.490 e. The van der Waals surface area contributed by atoms with Gasteiger partial charge in [0.2, 0.25) is 0 Å². The fourth-order valence-electron chi connectivity index (χ4n) is 3.64. The number of alkyl halides is 3. The number of aliphatic imine (C=N–C) groups is 1. The molecule has 7 N–H and O–H groups in total. The SMILES string of the molecule is NC(N)=Nc1ccc2c(c1)CCCOc1ccc(CNS(=O)(=O)N[C@@H](CC(=O)O)C(=O)OC(=O)C(F)(F)F)cc1OC2=O. The van der Waals surface area contributed by atoms with Gasteiger partial charge in [0.15, 0.2) is 17.5 Å². The lowest BCUT2D eigenvalue weighted by Crippen LogP contribution is -2.48. The highest BCUT2D eigenvalue weighted by Gasteiger charge is 2.44. The van der Waals surface area contributed by atoms with Crippen molar-refractivity contribution in [2.75, 3.05) is 6.61 Å². The first-order valence-corrected chi connectivity index (χ1v) is 13.5. The van der Waals surface area contributed by atoms with Crippen molar-refractivity contribution in [3.05, 3.63) is 53.1 Å². The molecule has 3 rings (SSSR count). The maximum Gasteiger partial charge on any atom is 0.491 e. The second kappa shape index (κ2) is 13.5. The number of aryl methyl sites for hydroxylation is 1. The number of hydrogen-bond acceptors (Lipinski definition) is 10. The molecule has 19 heteroatoms. The monoisotopic (exact) mass is 631 g/mol. The Morgan fingerprint density at radius 3 is 2.49 bits per heavy atom. The van der Waals surface area contributed by atoms with Crippen LogP contribution in [0, 0.1) is 0 Å². The van der Waals surface area contributed by atoms with E-state index in [4.69, 9.17) is 26.0 Å². The van der Waals surface area contributed by atoms with Crippen LogP contribution >= 0.6 is 0 Å². The van der Waals surface area contributed by atoms with Gasteiger partial charge < -0.3 is 30.8 Å². The number of guanidine groups is 1. The molecular weight excluding hydrogens is 607 g/mol. The Morgan fingerprint density at radius 2 is 1.84 bits per heavy atom. The normalized spacial score (nSPS) is 14.2. The molecule has 0 bridgehead atoms. The van der Waals surface area contributed by atoms with Crippen LogP contribution in [0.15, 0.2) is 41.4 Å². The fraction of sp³-hybridized carbons (Fsp3) is 0.292. The lowest BCUT2D eigenvalue weighted by molar-refractivity contribution is -0.202. The van der Waals surface area contributed by atoms with Crippen molar-refractivity contribution in [1.29, 1.82) is 0 Å². The zero-order valence-electron chi connectivity index (χ0n) is 21.8. The van der Waals surface area contributed by atoms with Gasteiger partial charge in [-0.2, -0.15) is 31.0 Å². The first-order chi connectivity index (χ1) is 20.0. The lowest BCUT2D eigenvalue weighted by Gasteiger charge is -2.18. The van der Waals surface area contributed by atoms with Crippen LogP contribution in [-0.2, 0) is 42.3 Å². The molecule has 0 fully saturated rings. The van der Waals surface area contributed by atoms with Gasteiger partial charge in [-0.25, -0.2) is 19.4 Å². The molecule has 232 valence electrons. The Balaban J connectivity index is 1.76. The summed E-state index contributed by atoms with van der Waals surface area (Å²) >= 11 is 0. The van der Waals surface area contributed by atoms with E-state index in [1.807, 2.05) is 4.72 Å². The van der Waals surface area contributed by atoms with E-state index in [9.17, 15) is 40.8 Å². The summed E-state index contributed by atoms with van der Waals surface area (Å²) in [5.74, 6) is -7.68. The largest absolute Gasteiger partial charge is 0.491 e. The summed E-state index contributed by atoms with van der Waals surface area (Å²) in [6.45, 7) is -0.320. The standard InChI is InChI=1S/C24H24F3N5O10S/c25-24(26,27)22(37)42-21(36)16(10-19(33)34)32-43(38,39)30-11-12-3-6-17-18(8-12)41-20(35)15-5-4-14(31-23(28)29)9-13(15)2-1-7-40-17/h3-6,8-9,16,30,32H,1-2,7,10-11H2,(H,33,34)(H4,28,29,31)/t16-/m0/s1. The van der Waals surface area contributed by atoms with E-state index in [-0.39, 0.29) is 35.2 Å². The van der Waals surface area contributed by atoms with Gasteiger partial charge in [0.05, 0.1) is 24.3 Å². The van der Waals surface area contributed by atoms with Crippen LogP contribution in [0.1, 0.15) is 34.3 Å². The molecule has 0 amide bonds. The third-order valence-corrected chi connectivity index (χ3v) is 6.60. The number of esters is 3. The number of carbonyl (C=O) groups is 4. The van der Waals surface area contributed by atoms with Crippen LogP contribution < -0.4 is 30.4 Å². The quantitative estimate of drug-likeness (QED) is 0.0838. The van der Waals surface area contributed by atoms with Gasteiger partial charge in [0.1, 0.15) is 6.04 Å². The Bertz CT molecular complexity index is 1560. The van der Waals surface area contributed by atoms with Gasteiger partial charge in [-0.15, -0.1) is 0 Å². The van der Waals surface area contributed by atoms with E-state index in [1.165, 1.54) is 35.1 Å². The number of carboxylic acids is 1. The van der Waals surface area contributed by atoms with Crippen LogP contribution in [0.3, 0.4) is 0 Å². The van der Waals surface area contributed by atoms with Gasteiger partial charge >= 0.3 is 30.1 Å². The molecule has 0 spiro atoms. The molecule has 2 aromatic carbocycles. The second-order valence-electron chi connectivity index (χ2n) is 8.80. The number of rotatable bonds is 9. The van der Waals surface area contributed by atoms with Crippen LogP contribution in [0.25, 0.3) is 0 Å². The summed E-state index contributed by atoms with van der Waals surface area (Å²) in [7, 11) is -4.77. The van der Waals surface area contributed by atoms with E-state index in [1.54, 1.807) is 6.07 Å². The Morgan fingerprint density at radius 1 is 1.12 bits per heavy atom. The third kappa shape index (κ3) is 9.65. The Labute approximate surface area is 241 Å². The average Bonchev–Trinajstić information content (AvgIpc) is 2.89. The fourth-order valence-corrected chi connectivity index (χ4v) is 4.64. The van der Waals surface area contributed by atoms with E-state index in [0.29, 0.717) is 24.1 Å². The molecule has 1 atom stereocenters. The minimum absolute atomic E-state index is 0.0752. The maximum atomic E-state index is 13.0. The molecule has 1 aliphatic heterocycles. The number of nitrogens with one attached hydrogen (secondary N) is 2. The van der Waals surface area contributed by atoms with E-state index in [0.717, 1.165) is 0 Å². The number of carbonyl (C=O) groups excluding carboxylic acids is 3. The number of nitrogens with zero attached hydrogens (tertiary/aromatic N) is 1. The molecule has 0 saturated carbocycles. The lowest BCUT2D eigenvalue weighted by atomic mass is 10.0. The van der Waals surface area contributed by atoms with E-state index < -0.39 is 59.3 Å². The minimum atomic E-state index is -5.59. The Kier molecular flexibility index (Phi) is 10.3. The topological polar surface area (TPSA) is 239 Å². The molecule has 1 aliphatic rings. The predicted molar refractivity (Wildman–Crippen MR) is 139 cm³/mol. The molecule has 43 heavy (non-hydrogen) atoms. The van der Waals surface area contributed by atoms with Crippen molar-refractivity contribution < 1.29 is 60.1 Å². The van der Waals surface area contributed by atoms with Crippen LogP contribution in [0.2, 0.25) is 0 Å². The van der Waals surface area contributed by atoms with Crippen molar-refractivity contribution in [1.82, 2.24) is 9.44 Å². The molecule has 2 aromatic rings. The van der Waals surface area contributed by atoms with Crippen molar-refractivity contribution in [2.24, 2.45) is 16.5 Å². The van der Waals surface area contributed by atoms with Crippen LogP contribution in [0.4, 0.5) is 18.9 Å². The smallest absolute Gasteiger partial charge is 0.490 e. The number of ether oxygens (including phenoxy) is 3.